The monoisotopic (exact) mass is 321 g/mol. The molecule has 2 aromatic rings. The molecule has 0 saturated heterocycles. The lowest BCUT2D eigenvalue weighted by Gasteiger charge is -2.08. The molecule has 0 bridgehead atoms. The van der Waals surface area contributed by atoms with Crippen LogP contribution in [0.5, 0.6) is 0 Å². The van der Waals surface area contributed by atoms with Gasteiger partial charge in [0, 0.05) is 24.0 Å². The highest BCUT2D eigenvalue weighted by Gasteiger charge is 2.08. The lowest BCUT2D eigenvalue weighted by atomic mass is 10.4. The van der Waals surface area contributed by atoms with Gasteiger partial charge < -0.3 is 5.32 Å². The SMILES string of the molecule is CCCNc1cc(Sc2nc(C)cc(C)n2)nc(SC)n1. The highest BCUT2D eigenvalue weighted by atomic mass is 32.2. The van der Waals surface area contributed by atoms with E-state index in [4.69, 9.17) is 0 Å². The summed E-state index contributed by atoms with van der Waals surface area (Å²) in [6.45, 7) is 6.97. The molecule has 0 amide bonds. The lowest BCUT2D eigenvalue weighted by molar-refractivity contribution is 0.864. The van der Waals surface area contributed by atoms with E-state index in [0.29, 0.717) is 0 Å². The first-order valence-electron chi connectivity index (χ1n) is 6.77. The van der Waals surface area contributed by atoms with Gasteiger partial charge in [0.25, 0.3) is 0 Å². The predicted octanol–water partition coefficient (Wildman–Crippen LogP) is 3.58. The summed E-state index contributed by atoms with van der Waals surface area (Å²) in [5.41, 5.74) is 1.93. The summed E-state index contributed by atoms with van der Waals surface area (Å²) in [7, 11) is 0. The zero-order valence-electron chi connectivity index (χ0n) is 12.7. The Bertz CT molecular complexity index is 598. The van der Waals surface area contributed by atoms with Crippen LogP contribution in [0.25, 0.3) is 0 Å². The Labute approximate surface area is 133 Å². The molecule has 0 radical (unpaired) electrons. The van der Waals surface area contributed by atoms with Crippen molar-refractivity contribution in [1.82, 2.24) is 19.9 Å². The quantitative estimate of drug-likeness (QED) is 0.495. The van der Waals surface area contributed by atoms with Crippen molar-refractivity contribution in [3.8, 4) is 0 Å². The molecule has 0 saturated carbocycles. The second-order valence-electron chi connectivity index (χ2n) is 4.54. The van der Waals surface area contributed by atoms with Gasteiger partial charge in [-0.3, -0.25) is 0 Å². The largest absolute Gasteiger partial charge is 0.370 e. The van der Waals surface area contributed by atoms with Gasteiger partial charge in [0.05, 0.1) is 0 Å². The Morgan fingerprint density at radius 1 is 1.00 bits per heavy atom. The summed E-state index contributed by atoms with van der Waals surface area (Å²) in [5, 5.41) is 5.63. The van der Waals surface area contributed by atoms with Crippen LogP contribution in [0.4, 0.5) is 5.82 Å². The van der Waals surface area contributed by atoms with E-state index in [2.05, 4.69) is 32.2 Å². The fourth-order valence-corrected chi connectivity index (χ4v) is 3.03. The third kappa shape index (κ3) is 4.86. The summed E-state index contributed by atoms with van der Waals surface area (Å²) < 4.78 is 0. The van der Waals surface area contributed by atoms with Crippen molar-refractivity contribution in [1.29, 1.82) is 0 Å². The molecule has 5 nitrogen and oxygen atoms in total. The Hall–Kier alpha value is -1.34. The minimum absolute atomic E-state index is 0.722. The van der Waals surface area contributed by atoms with Crippen LogP contribution < -0.4 is 5.32 Å². The average molecular weight is 321 g/mol. The van der Waals surface area contributed by atoms with Crippen LogP contribution in [0.15, 0.2) is 27.5 Å². The maximum absolute atomic E-state index is 4.51. The first-order chi connectivity index (χ1) is 10.1. The number of nitrogens with zero attached hydrogens (tertiary/aromatic N) is 4. The number of aryl methyl sites for hydroxylation is 2. The van der Waals surface area contributed by atoms with Gasteiger partial charge in [0.15, 0.2) is 10.3 Å². The molecule has 2 rings (SSSR count). The number of anilines is 1. The van der Waals surface area contributed by atoms with Gasteiger partial charge in [-0.1, -0.05) is 18.7 Å². The third-order valence-corrected chi connectivity index (χ3v) is 3.91. The Balaban J connectivity index is 2.25. The van der Waals surface area contributed by atoms with Crippen LogP contribution in [0, 0.1) is 13.8 Å². The molecule has 0 aliphatic rings. The average Bonchev–Trinajstić information content (AvgIpc) is 2.43. The molecule has 0 aromatic carbocycles. The van der Waals surface area contributed by atoms with E-state index in [1.165, 1.54) is 23.5 Å². The summed E-state index contributed by atoms with van der Waals surface area (Å²) in [5.74, 6) is 0.850. The van der Waals surface area contributed by atoms with E-state index >= 15 is 0 Å². The van der Waals surface area contributed by atoms with Gasteiger partial charge in [-0.05, 0) is 44.4 Å². The zero-order valence-corrected chi connectivity index (χ0v) is 14.3. The second-order valence-corrected chi connectivity index (χ2v) is 6.30. The van der Waals surface area contributed by atoms with Gasteiger partial charge in [-0.2, -0.15) is 0 Å². The van der Waals surface area contributed by atoms with E-state index in [9.17, 15) is 0 Å². The van der Waals surface area contributed by atoms with Gasteiger partial charge in [-0.15, -0.1) is 0 Å². The standard InChI is InChI=1S/C14H19N5S2/c1-5-6-15-11-8-12(19-13(18-11)20-4)21-14-16-9(2)7-10(3)17-14/h7-8H,5-6H2,1-4H3,(H,15,18,19). The van der Waals surface area contributed by atoms with Crippen LogP contribution in [0.3, 0.4) is 0 Å². The normalized spacial score (nSPS) is 10.7. The topological polar surface area (TPSA) is 63.6 Å². The lowest BCUT2D eigenvalue weighted by Crippen LogP contribution is -2.04. The highest BCUT2D eigenvalue weighted by molar-refractivity contribution is 7.99. The van der Waals surface area contributed by atoms with Crippen molar-refractivity contribution in [3.05, 3.63) is 23.5 Å². The molecule has 0 unspecified atom stereocenters. The van der Waals surface area contributed by atoms with Crippen molar-refractivity contribution < 1.29 is 0 Å². The number of hydrogen-bond donors (Lipinski definition) is 1. The summed E-state index contributed by atoms with van der Waals surface area (Å²) in [6, 6.07) is 3.91. The highest BCUT2D eigenvalue weighted by Crippen LogP contribution is 2.26. The fraction of sp³-hybridized carbons (Fsp3) is 0.429. The Kier molecular flexibility index (Phi) is 5.81. The Morgan fingerprint density at radius 2 is 1.71 bits per heavy atom. The van der Waals surface area contributed by atoms with E-state index in [0.717, 1.165) is 45.5 Å². The predicted molar refractivity (Wildman–Crippen MR) is 88.2 cm³/mol. The minimum Gasteiger partial charge on any atom is -0.370 e. The van der Waals surface area contributed by atoms with Gasteiger partial charge >= 0.3 is 0 Å². The smallest absolute Gasteiger partial charge is 0.194 e. The molecule has 0 atom stereocenters. The third-order valence-electron chi connectivity index (χ3n) is 2.58. The number of aromatic nitrogens is 4. The molecule has 0 fully saturated rings. The molecular formula is C14H19N5S2. The molecule has 0 aliphatic heterocycles. The molecular weight excluding hydrogens is 302 g/mol. The molecule has 2 heterocycles. The maximum atomic E-state index is 4.51. The van der Waals surface area contributed by atoms with Gasteiger partial charge in [0.1, 0.15) is 10.8 Å². The van der Waals surface area contributed by atoms with E-state index in [1.807, 2.05) is 32.2 Å². The van der Waals surface area contributed by atoms with Crippen molar-refractivity contribution in [2.75, 3.05) is 18.1 Å². The molecule has 0 aliphatic carbocycles. The van der Waals surface area contributed by atoms with Crippen molar-refractivity contribution in [2.45, 2.75) is 42.5 Å². The second kappa shape index (κ2) is 7.61. The minimum atomic E-state index is 0.722. The maximum Gasteiger partial charge on any atom is 0.194 e. The van der Waals surface area contributed by atoms with Crippen LogP contribution in [0.1, 0.15) is 24.7 Å². The molecule has 1 N–H and O–H groups in total. The van der Waals surface area contributed by atoms with Crippen LogP contribution >= 0.6 is 23.5 Å². The van der Waals surface area contributed by atoms with E-state index in [-0.39, 0.29) is 0 Å². The van der Waals surface area contributed by atoms with Crippen molar-refractivity contribution >= 4 is 29.3 Å². The molecule has 7 heteroatoms. The molecule has 112 valence electrons. The van der Waals surface area contributed by atoms with Crippen LogP contribution in [-0.4, -0.2) is 32.7 Å². The first kappa shape index (κ1) is 16.0. The number of hydrogen-bond acceptors (Lipinski definition) is 7. The van der Waals surface area contributed by atoms with E-state index < -0.39 is 0 Å². The van der Waals surface area contributed by atoms with Crippen molar-refractivity contribution in [2.24, 2.45) is 0 Å². The summed E-state index contributed by atoms with van der Waals surface area (Å²) in [6.07, 6.45) is 3.03. The van der Waals surface area contributed by atoms with Gasteiger partial charge in [0.2, 0.25) is 0 Å². The van der Waals surface area contributed by atoms with E-state index in [1.54, 1.807) is 0 Å². The van der Waals surface area contributed by atoms with Crippen LogP contribution in [-0.2, 0) is 0 Å². The van der Waals surface area contributed by atoms with Gasteiger partial charge in [-0.25, -0.2) is 19.9 Å². The number of thioether (sulfide) groups is 1. The number of rotatable bonds is 6. The fourth-order valence-electron chi connectivity index (χ4n) is 1.72. The summed E-state index contributed by atoms with van der Waals surface area (Å²) >= 11 is 3.00. The molecule has 21 heavy (non-hydrogen) atoms. The number of nitrogens with one attached hydrogen (secondary N) is 1. The molecule has 0 spiro atoms. The zero-order chi connectivity index (χ0) is 15.2. The van der Waals surface area contributed by atoms with Crippen molar-refractivity contribution in [3.63, 3.8) is 0 Å². The first-order valence-corrected chi connectivity index (χ1v) is 8.82. The summed E-state index contributed by atoms with van der Waals surface area (Å²) in [4.78, 5) is 17.8. The van der Waals surface area contributed by atoms with Crippen LogP contribution in [0.2, 0.25) is 0 Å². The Morgan fingerprint density at radius 3 is 2.33 bits per heavy atom. The molecule has 2 aromatic heterocycles.